The largest absolute Gasteiger partial charge is 0.379 e. The second-order valence-corrected chi connectivity index (χ2v) is 11.5. The number of hydrogen-bond acceptors (Lipinski definition) is 7. The molecule has 7 nitrogen and oxygen atoms in total. The predicted molar refractivity (Wildman–Crippen MR) is 132 cm³/mol. The summed E-state index contributed by atoms with van der Waals surface area (Å²) in [6, 6.07) is 11.7. The summed E-state index contributed by atoms with van der Waals surface area (Å²) < 4.78 is 31.0. The van der Waals surface area contributed by atoms with E-state index >= 15 is 0 Å². The van der Waals surface area contributed by atoms with Crippen LogP contribution in [0.4, 0.5) is 5.13 Å². The van der Waals surface area contributed by atoms with E-state index in [2.05, 4.69) is 9.88 Å². The number of anilines is 1. The quantitative estimate of drug-likeness (QED) is 0.456. The molecule has 0 atom stereocenters. The Morgan fingerprint density at radius 3 is 2.76 bits per heavy atom. The summed E-state index contributed by atoms with van der Waals surface area (Å²) in [6.45, 7) is 6.10. The van der Waals surface area contributed by atoms with E-state index in [4.69, 9.17) is 16.3 Å². The number of amides is 1. The zero-order chi connectivity index (χ0) is 23.4. The first-order chi connectivity index (χ1) is 15.9. The van der Waals surface area contributed by atoms with Crippen LogP contribution >= 0.6 is 22.9 Å². The molecule has 0 aliphatic carbocycles. The summed E-state index contributed by atoms with van der Waals surface area (Å²) in [6.07, 6.45) is 0.759. The standard InChI is InChI=1S/C23H26ClN3O4S2/c1-2-33(29,30)19-6-3-5-17(15-19)22(28)27(10-4-9-26-11-13-31-14-12-26)23-25-20-8-7-18(24)16-21(20)32-23/h3,5-8,15-16H,2,4,9-14H2,1H3. The van der Waals surface area contributed by atoms with E-state index in [9.17, 15) is 13.2 Å². The van der Waals surface area contributed by atoms with Crippen molar-refractivity contribution in [2.24, 2.45) is 0 Å². The van der Waals surface area contributed by atoms with Crippen molar-refractivity contribution in [2.45, 2.75) is 18.2 Å². The van der Waals surface area contributed by atoms with Crippen LogP contribution in [-0.2, 0) is 14.6 Å². The molecule has 0 saturated carbocycles. The normalized spacial score (nSPS) is 15.1. The van der Waals surface area contributed by atoms with Crippen molar-refractivity contribution < 1.29 is 17.9 Å². The van der Waals surface area contributed by atoms with Gasteiger partial charge < -0.3 is 4.74 Å². The molecule has 1 fully saturated rings. The summed E-state index contributed by atoms with van der Waals surface area (Å²) in [5, 5.41) is 1.18. The van der Waals surface area contributed by atoms with Gasteiger partial charge in [-0.25, -0.2) is 13.4 Å². The Morgan fingerprint density at radius 2 is 2.00 bits per heavy atom. The SMILES string of the molecule is CCS(=O)(=O)c1cccc(C(=O)N(CCCN2CCOCC2)c2nc3ccc(Cl)cc3s2)c1. The zero-order valence-electron chi connectivity index (χ0n) is 18.4. The Bertz CT molecular complexity index is 1240. The first-order valence-corrected chi connectivity index (χ1v) is 13.7. The van der Waals surface area contributed by atoms with Crippen LogP contribution in [0.25, 0.3) is 10.2 Å². The van der Waals surface area contributed by atoms with Gasteiger partial charge in [0.1, 0.15) is 0 Å². The fourth-order valence-corrected chi connectivity index (χ4v) is 5.90. The number of nitrogens with zero attached hydrogens (tertiary/aromatic N) is 3. The molecule has 2 aromatic carbocycles. The number of benzene rings is 2. The van der Waals surface area contributed by atoms with Gasteiger partial charge in [0, 0.05) is 36.8 Å². The van der Waals surface area contributed by atoms with Gasteiger partial charge in [-0.2, -0.15) is 0 Å². The fourth-order valence-electron chi connectivity index (χ4n) is 3.71. The van der Waals surface area contributed by atoms with Crippen molar-refractivity contribution >= 4 is 54.0 Å². The van der Waals surface area contributed by atoms with E-state index in [-0.39, 0.29) is 16.6 Å². The zero-order valence-corrected chi connectivity index (χ0v) is 20.8. The molecule has 1 saturated heterocycles. The molecule has 0 N–H and O–H groups in total. The van der Waals surface area contributed by atoms with Crippen LogP contribution in [-0.4, -0.2) is 69.4 Å². The highest BCUT2D eigenvalue weighted by Crippen LogP contribution is 2.32. The van der Waals surface area contributed by atoms with Crippen LogP contribution in [0.2, 0.25) is 5.02 Å². The van der Waals surface area contributed by atoms with Gasteiger partial charge in [0.25, 0.3) is 5.91 Å². The molecule has 0 unspecified atom stereocenters. The molecule has 1 aliphatic heterocycles. The molecular formula is C23H26ClN3O4S2. The third-order valence-corrected chi connectivity index (χ3v) is 8.60. The average molecular weight is 508 g/mol. The van der Waals surface area contributed by atoms with Crippen LogP contribution in [0.1, 0.15) is 23.7 Å². The second-order valence-electron chi connectivity index (χ2n) is 7.80. The first-order valence-electron chi connectivity index (χ1n) is 10.9. The monoisotopic (exact) mass is 507 g/mol. The van der Waals surface area contributed by atoms with Crippen molar-refractivity contribution in [3.05, 3.63) is 53.1 Å². The van der Waals surface area contributed by atoms with Gasteiger partial charge in [0.05, 0.1) is 34.1 Å². The van der Waals surface area contributed by atoms with Gasteiger partial charge in [-0.1, -0.05) is 35.9 Å². The van der Waals surface area contributed by atoms with Gasteiger partial charge in [-0.3, -0.25) is 14.6 Å². The molecule has 1 aliphatic rings. The maximum absolute atomic E-state index is 13.6. The number of sulfone groups is 1. The van der Waals surface area contributed by atoms with Crippen LogP contribution in [0.3, 0.4) is 0 Å². The van der Waals surface area contributed by atoms with Crippen LogP contribution < -0.4 is 4.90 Å². The Hall–Kier alpha value is -2.04. The van der Waals surface area contributed by atoms with Gasteiger partial charge in [0.15, 0.2) is 15.0 Å². The molecule has 4 rings (SSSR count). The Morgan fingerprint density at radius 1 is 1.21 bits per heavy atom. The molecule has 33 heavy (non-hydrogen) atoms. The van der Waals surface area contributed by atoms with Crippen LogP contribution in [0.15, 0.2) is 47.4 Å². The highest BCUT2D eigenvalue weighted by molar-refractivity contribution is 7.91. The number of aromatic nitrogens is 1. The Balaban J connectivity index is 1.62. The lowest BCUT2D eigenvalue weighted by molar-refractivity contribution is 0.0376. The van der Waals surface area contributed by atoms with Crippen LogP contribution in [0.5, 0.6) is 0 Å². The number of carbonyl (C=O) groups is 1. The van der Waals surface area contributed by atoms with Crippen molar-refractivity contribution in [1.82, 2.24) is 9.88 Å². The van der Waals surface area contributed by atoms with Gasteiger partial charge >= 0.3 is 0 Å². The number of thiazole rings is 1. The van der Waals surface area contributed by atoms with Crippen molar-refractivity contribution in [3.8, 4) is 0 Å². The van der Waals surface area contributed by atoms with E-state index in [0.29, 0.717) is 22.3 Å². The minimum Gasteiger partial charge on any atom is -0.379 e. The van der Waals surface area contributed by atoms with E-state index in [1.54, 1.807) is 30.0 Å². The molecule has 1 aromatic heterocycles. The lowest BCUT2D eigenvalue weighted by atomic mass is 10.2. The summed E-state index contributed by atoms with van der Waals surface area (Å²) in [5.41, 5.74) is 1.10. The highest BCUT2D eigenvalue weighted by Gasteiger charge is 2.23. The van der Waals surface area contributed by atoms with E-state index in [1.165, 1.54) is 23.5 Å². The van der Waals surface area contributed by atoms with E-state index < -0.39 is 9.84 Å². The number of carbonyl (C=O) groups excluding carboxylic acids is 1. The molecule has 0 spiro atoms. The lowest BCUT2D eigenvalue weighted by Crippen LogP contribution is -2.39. The summed E-state index contributed by atoms with van der Waals surface area (Å²) in [7, 11) is -3.42. The highest BCUT2D eigenvalue weighted by atomic mass is 35.5. The number of fused-ring (bicyclic) bond motifs is 1. The van der Waals surface area contributed by atoms with Gasteiger partial charge in [-0.05, 0) is 42.8 Å². The van der Waals surface area contributed by atoms with E-state index in [1.807, 2.05) is 12.1 Å². The summed E-state index contributed by atoms with van der Waals surface area (Å²) in [4.78, 5) is 22.4. The van der Waals surface area contributed by atoms with Gasteiger partial charge in [-0.15, -0.1) is 0 Å². The predicted octanol–water partition coefficient (Wildman–Crippen LogP) is 4.11. The number of ether oxygens (including phenoxy) is 1. The van der Waals surface area contributed by atoms with Crippen molar-refractivity contribution in [2.75, 3.05) is 50.0 Å². The topological polar surface area (TPSA) is 79.8 Å². The summed E-state index contributed by atoms with van der Waals surface area (Å²) in [5.74, 6) is -0.290. The van der Waals surface area contributed by atoms with Crippen molar-refractivity contribution in [3.63, 3.8) is 0 Å². The minimum atomic E-state index is -3.42. The Labute approximate surface area is 202 Å². The molecule has 10 heteroatoms. The second kappa shape index (κ2) is 10.5. The third-order valence-electron chi connectivity index (χ3n) is 5.60. The van der Waals surface area contributed by atoms with Crippen molar-refractivity contribution in [1.29, 1.82) is 0 Å². The smallest absolute Gasteiger partial charge is 0.260 e. The minimum absolute atomic E-state index is 0.0213. The molecular weight excluding hydrogens is 482 g/mol. The molecule has 0 bridgehead atoms. The Kier molecular flexibility index (Phi) is 7.65. The molecule has 2 heterocycles. The lowest BCUT2D eigenvalue weighted by Gasteiger charge is -2.27. The van der Waals surface area contributed by atoms with E-state index in [0.717, 1.165) is 49.5 Å². The molecule has 1 amide bonds. The number of halogens is 1. The number of morpholine rings is 1. The van der Waals surface area contributed by atoms with Gasteiger partial charge in [0.2, 0.25) is 0 Å². The molecule has 3 aromatic rings. The molecule has 176 valence electrons. The number of hydrogen-bond donors (Lipinski definition) is 0. The number of rotatable bonds is 8. The maximum Gasteiger partial charge on any atom is 0.260 e. The third kappa shape index (κ3) is 5.73. The summed E-state index contributed by atoms with van der Waals surface area (Å²) >= 11 is 7.54. The average Bonchev–Trinajstić information content (AvgIpc) is 3.25. The van der Waals surface area contributed by atoms with Crippen LogP contribution in [0, 0.1) is 0 Å². The molecule has 0 radical (unpaired) electrons. The maximum atomic E-state index is 13.6. The fraction of sp³-hybridized carbons (Fsp3) is 0.391. The first kappa shape index (κ1) is 24.1.